The predicted octanol–water partition coefficient (Wildman–Crippen LogP) is 11.5. The van der Waals surface area contributed by atoms with Crippen molar-refractivity contribution in [1.82, 2.24) is 5.32 Å². The first-order valence-corrected chi connectivity index (χ1v) is 19.0. The minimum Gasteiger partial charge on any atom is -0.394 e. The third-order valence-corrected chi connectivity index (χ3v) is 7.80. The largest absolute Gasteiger partial charge is 0.394 e. The highest BCUT2D eigenvalue weighted by atomic mass is 16.3. The number of amides is 1. The molecule has 4 heteroatoms. The summed E-state index contributed by atoms with van der Waals surface area (Å²) < 4.78 is 0. The van der Waals surface area contributed by atoms with Gasteiger partial charge >= 0.3 is 0 Å². The number of aliphatic hydroxyl groups is 2. The molecule has 0 bridgehead atoms. The normalized spacial score (nSPS) is 14.2. The number of hydrogen-bond donors (Lipinski definition) is 3. The molecule has 266 valence electrons. The number of allylic oxidation sites excluding steroid dienone is 15. The SMILES string of the molecule is CC/C=C\C/C=C\C/C=C\C/C=C\C/C=C\C/C=C\CCCCCCC(=O)NC(CO)C(O)/C=C/CC/C=C/CCCCCCCC. The summed E-state index contributed by atoms with van der Waals surface area (Å²) in [7, 11) is 0. The number of carbonyl (C=O) groups excluding carboxylic acids is 1. The maximum Gasteiger partial charge on any atom is 0.220 e. The lowest BCUT2D eigenvalue weighted by molar-refractivity contribution is -0.123. The second kappa shape index (κ2) is 37.8. The summed E-state index contributed by atoms with van der Waals surface area (Å²) in [6.45, 7) is 4.13. The summed E-state index contributed by atoms with van der Waals surface area (Å²) in [5, 5.41) is 22.8. The minimum atomic E-state index is -0.877. The molecule has 2 unspecified atom stereocenters. The Morgan fingerprint density at radius 2 is 0.957 bits per heavy atom. The molecule has 0 rings (SSSR count). The average molecular weight is 650 g/mol. The van der Waals surface area contributed by atoms with Crippen molar-refractivity contribution < 1.29 is 15.0 Å². The summed E-state index contributed by atoms with van der Waals surface area (Å²) >= 11 is 0. The van der Waals surface area contributed by atoms with Gasteiger partial charge in [-0.2, -0.15) is 0 Å². The fourth-order valence-corrected chi connectivity index (χ4v) is 4.90. The number of aliphatic hydroxyl groups excluding tert-OH is 2. The van der Waals surface area contributed by atoms with E-state index >= 15 is 0 Å². The lowest BCUT2D eigenvalue weighted by atomic mass is 10.1. The maximum atomic E-state index is 12.3. The van der Waals surface area contributed by atoms with Crippen molar-refractivity contribution in [1.29, 1.82) is 0 Å². The number of rotatable bonds is 32. The molecule has 0 heterocycles. The fourth-order valence-electron chi connectivity index (χ4n) is 4.90. The quantitative estimate of drug-likeness (QED) is 0.0502. The van der Waals surface area contributed by atoms with Gasteiger partial charge in [-0.3, -0.25) is 4.79 Å². The van der Waals surface area contributed by atoms with Crippen LogP contribution in [-0.4, -0.2) is 34.9 Å². The minimum absolute atomic E-state index is 0.105. The van der Waals surface area contributed by atoms with E-state index in [0.717, 1.165) is 89.9 Å². The van der Waals surface area contributed by atoms with Crippen LogP contribution in [0.2, 0.25) is 0 Å². The zero-order valence-corrected chi connectivity index (χ0v) is 30.3. The monoisotopic (exact) mass is 650 g/mol. The van der Waals surface area contributed by atoms with Gasteiger partial charge in [-0.05, 0) is 83.5 Å². The standard InChI is InChI=1S/C43H71NO3/c1-3-5-7-9-11-13-15-17-18-19-20-21-22-23-24-25-26-27-29-31-33-35-37-39-43(47)44-41(40-45)42(46)38-36-34-32-30-28-16-14-12-10-8-6-4-2/h5,7,11,13,17-18,20-21,23-24,26-28,30,36,38,41-42,45-46H,3-4,6,8-10,12,14-16,19,22,25,29,31-35,37,39-40H2,1-2H3,(H,44,47)/b7-5-,13-11-,18-17-,21-20-,24-23-,27-26-,30-28+,38-36+. The van der Waals surface area contributed by atoms with Crippen molar-refractivity contribution in [3.8, 4) is 0 Å². The van der Waals surface area contributed by atoms with Gasteiger partial charge in [0.1, 0.15) is 0 Å². The van der Waals surface area contributed by atoms with Crippen LogP contribution in [0.25, 0.3) is 0 Å². The Labute approximate surface area is 290 Å². The lowest BCUT2D eigenvalue weighted by Crippen LogP contribution is -2.45. The highest BCUT2D eigenvalue weighted by Gasteiger charge is 2.17. The van der Waals surface area contributed by atoms with Crippen LogP contribution in [0.15, 0.2) is 97.2 Å². The number of hydrogen-bond acceptors (Lipinski definition) is 3. The number of nitrogens with one attached hydrogen (secondary N) is 1. The van der Waals surface area contributed by atoms with Crippen molar-refractivity contribution in [3.05, 3.63) is 97.2 Å². The average Bonchev–Trinajstić information content (AvgIpc) is 3.07. The zero-order valence-electron chi connectivity index (χ0n) is 30.3. The van der Waals surface area contributed by atoms with Gasteiger partial charge in [0.2, 0.25) is 5.91 Å². The Morgan fingerprint density at radius 1 is 0.532 bits per heavy atom. The molecule has 0 aliphatic rings. The molecule has 47 heavy (non-hydrogen) atoms. The summed E-state index contributed by atoms with van der Waals surface area (Å²) in [5.41, 5.74) is 0. The third-order valence-electron chi connectivity index (χ3n) is 7.80. The van der Waals surface area contributed by atoms with Crippen molar-refractivity contribution >= 4 is 5.91 Å². The van der Waals surface area contributed by atoms with E-state index in [2.05, 4.69) is 104 Å². The van der Waals surface area contributed by atoms with Crippen LogP contribution in [0.5, 0.6) is 0 Å². The molecule has 0 aliphatic carbocycles. The second-order valence-corrected chi connectivity index (χ2v) is 12.2. The van der Waals surface area contributed by atoms with Crippen molar-refractivity contribution in [3.63, 3.8) is 0 Å². The smallest absolute Gasteiger partial charge is 0.220 e. The highest BCUT2D eigenvalue weighted by molar-refractivity contribution is 5.76. The molecule has 0 aliphatic heterocycles. The van der Waals surface area contributed by atoms with E-state index in [9.17, 15) is 15.0 Å². The molecule has 1 amide bonds. The predicted molar refractivity (Wildman–Crippen MR) is 206 cm³/mol. The van der Waals surface area contributed by atoms with Gasteiger partial charge in [0.25, 0.3) is 0 Å². The first-order valence-electron chi connectivity index (χ1n) is 19.0. The van der Waals surface area contributed by atoms with Crippen molar-refractivity contribution in [2.75, 3.05) is 6.61 Å². The van der Waals surface area contributed by atoms with E-state index in [1.165, 1.54) is 38.5 Å². The molecule has 0 saturated carbocycles. The van der Waals surface area contributed by atoms with Gasteiger partial charge in [0.05, 0.1) is 18.8 Å². The van der Waals surface area contributed by atoms with Crippen LogP contribution in [0.3, 0.4) is 0 Å². The Bertz CT molecular complexity index is 921. The Kier molecular flexibility index (Phi) is 35.6. The first-order chi connectivity index (χ1) is 23.2. The van der Waals surface area contributed by atoms with Gasteiger partial charge < -0.3 is 15.5 Å². The van der Waals surface area contributed by atoms with E-state index in [1.807, 2.05) is 6.08 Å². The second-order valence-electron chi connectivity index (χ2n) is 12.2. The van der Waals surface area contributed by atoms with E-state index in [4.69, 9.17) is 0 Å². The van der Waals surface area contributed by atoms with Gasteiger partial charge in [0, 0.05) is 6.42 Å². The summed E-state index contributed by atoms with van der Waals surface area (Å²) in [4.78, 5) is 12.3. The van der Waals surface area contributed by atoms with E-state index in [0.29, 0.717) is 6.42 Å². The molecule has 2 atom stereocenters. The first kappa shape index (κ1) is 44.3. The molecule has 3 N–H and O–H groups in total. The maximum absolute atomic E-state index is 12.3. The van der Waals surface area contributed by atoms with Crippen molar-refractivity contribution in [2.24, 2.45) is 0 Å². The van der Waals surface area contributed by atoms with Crippen LogP contribution in [-0.2, 0) is 4.79 Å². The van der Waals surface area contributed by atoms with Crippen LogP contribution < -0.4 is 5.32 Å². The number of carbonyl (C=O) groups is 1. The lowest BCUT2D eigenvalue weighted by Gasteiger charge is -2.19. The van der Waals surface area contributed by atoms with Gasteiger partial charge in [0.15, 0.2) is 0 Å². The summed E-state index contributed by atoms with van der Waals surface area (Å²) in [6.07, 6.45) is 56.3. The Morgan fingerprint density at radius 3 is 1.49 bits per heavy atom. The van der Waals surface area contributed by atoms with E-state index in [1.54, 1.807) is 6.08 Å². The molecular weight excluding hydrogens is 578 g/mol. The zero-order chi connectivity index (χ0) is 34.3. The molecule has 0 fully saturated rings. The van der Waals surface area contributed by atoms with Crippen LogP contribution in [0, 0.1) is 0 Å². The Hall–Kier alpha value is -2.69. The summed E-state index contributed by atoms with van der Waals surface area (Å²) in [5.74, 6) is -0.105. The van der Waals surface area contributed by atoms with Crippen LogP contribution in [0.4, 0.5) is 0 Å². The Balaban J connectivity index is 3.78. The molecular formula is C43H71NO3. The highest BCUT2D eigenvalue weighted by Crippen LogP contribution is 2.09. The van der Waals surface area contributed by atoms with Gasteiger partial charge in [-0.1, -0.05) is 156 Å². The topological polar surface area (TPSA) is 69.6 Å². The third kappa shape index (κ3) is 34.5. The van der Waals surface area contributed by atoms with Crippen molar-refractivity contribution in [2.45, 2.75) is 161 Å². The van der Waals surface area contributed by atoms with E-state index < -0.39 is 12.1 Å². The van der Waals surface area contributed by atoms with Gasteiger partial charge in [-0.15, -0.1) is 0 Å². The van der Waals surface area contributed by atoms with E-state index in [-0.39, 0.29) is 12.5 Å². The van der Waals surface area contributed by atoms with Crippen LogP contribution >= 0.6 is 0 Å². The summed E-state index contributed by atoms with van der Waals surface area (Å²) in [6, 6.07) is -0.657. The molecule has 0 aromatic rings. The molecule has 0 aromatic heterocycles. The molecule has 0 radical (unpaired) electrons. The van der Waals surface area contributed by atoms with Crippen LogP contribution in [0.1, 0.15) is 149 Å². The van der Waals surface area contributed by atoms with Gasteiger partial charge in [-0.25, -0.2) is 0 Å². The molecule has 0 spiro atoms. The fraction of sp³-hybridized carbons (Fsp3) is 0.605. The molecule has 0 aromatic carbocycles. The number of unbranched alkanes of at least 4 members (excludes halogenated alkanes) is 11. The molecule has 4 nitrogen and oxygen atoms in total. The molecule has 0 saturated heterocycles.